The summed E-state index contributed by atoms with van der Waals surface area (Å²) in [6, 6.07) is 9.89. The summed E-state index contributed by atoms with van der Waals surface area (Å²) in [6.45, 7) is 0.558. The van der Waals surface area contributed by atoms with Crippen LogP contribution in [0.1, 0.15) is 24.0 Å². The third kappa shape index (κ3) is 3.47. The highest BCUT2D eigenvalue weighted by Gasteiger charge is 2.31. The Labute approximate surface area is 160 Å². The van der Waals surface area contributed by atoms with Crippen LogP contribution in [0.15, 0.2) is 42.7 Å². The number of carbonyl (C=O) groups excluding carboxylic acids is 1. The van der Waals surface area contributed by atoms with E-state index in [0.717, 1.165) is 18.4 Å². The monoisotopic (exact) mass is 376 g/mol. The maximum Gasteiger partial charge on any atom is 0.232 e. The Morgan fingerprint density at radius 2 is 2.11 bits per heavy atom. The van der Waals surface area contributed by atoms with E-state index in [1.807, 2.05) is 0 Å². The van der Waals surface area contributed by atoms with Crippen LogP contribution in [0.25, 0.3) is 11.4 Å². The number of hydrogen-bond donors (Lipinski definition) is 1. The number of rotatable bonds is 4. The fourth-order valence-electron chi connectivity index (χ4n) is 3.41. The van der Waals surface area contributed by atoms with E-state index in [1.165, 1.54) is 12.1 Å². The largest absolute Gasteiger partial charge is 0.281 e. The lowest BCUT2D eigenvalue weighted by Gasteiger charge is -2.30. The molecular weight excluding hydrogens is 359 g/mol. The fourth-order valence-corrected chi connectivity index (χ4v) is 3.41. The molecule has 0 spiro atoms. The molecule has 28 heavy (non-hydrogen) atoms. The van der Waals surface area contributed by atoms with E-state index in [0.29, 0.717) is 30.3 Å². The first-order valence-electron chi connectivity index (χ1n) is 8.98. The van der Waals surface area contributed by atoms with Crippen molar-refractivity contribution in [3.05, 3.63) is 59.7 Å². The molecule has 0 saturated carbocycles. The highest BCUT2D eigenvalue weighted by Crippen LogP contribution is 2.26. The Morgan fingerprint density at radius 1 is 1.29 bits per heavy atom. The number of piperidine rings is 1. The van der Waals surface area contributed by atoms with Gasteiger partial charge >= 0.3 is 0 Å². The van der Waals surface area contributed by atoms with Gasteiger partial charge < -0.3 is 0 Å². The lowest BCUT2D eigenvalue weighted by Crippen LogP contribution is -2.42. The number of nitriles is 1. The summed E-state index contributed by atoms with van der Waals surface area (Å²) in [7, 11) is 0. The molecule has 8 heteroatoms. The maximum absolute atomic E-state index is 13.9. The number of anilines is 1. The first-order valence-corrected chi connectivity index (χ1v) is 8.98. The zero-order valence-electron chi connectivity index (χ0n) is 15.0. The predicted molar refractivity (Wildman–Crippen MR) is 99.5 cm³/mol. The minimum Gasteiger partial charge on any atom is -0.281 e. The molecule has 1 aromatic carbocycles. The first-order chi connectivity index (χ1) is 13.7. The number of benzene rings is 1. The van der Waals surface area contributed by atoms with Gasteiger partial charge in [-0.25, -0.2) is 9.49 Å². The van der Waals surface area contributed by atoms with Crippen LogP contribution < -0.4 is 4.90 Å². The van der Waals surface area contributed by atoms with Crippen LogP contribution in [0.5, 0.6) is 0 Å². The lowest BCUT2D eigenvalue weighted by molar-refractivity contribution is -0.123. The van der Waals surface area contributed by atoms with Crippen molar-refractivity contribution in [1.29, 1.82) is 5.26 Å². The lowest BCUT2D eigenvalue weighted by atomic mass is 9.90. The number of pyridine rings is 1. The molecular formula is C20H17FN6O. The molecule has 0 radical (unpaired) electrons. The minimum atomic E-state index is -0.558. The van der Waals surface area contributed by atoms with Gasteiger partial charge in [-0.1, -0.05) is 6.07 Å². The Morgan fingerprint density at radius 3 is 2.86 bits per heavy atom. The molecule has 0 bridgehead atoms. The van der Waals surface area contributed by atoms with Crippen molar-refractivity contribution in [3.8, 4) is 17.5 Å². The second-order valence-electron chi connectivity index (χ2n) is 6.68. The van der Waals surface area contributed by atoms with Crippen molar-refractivity contribution in [2.24, 2.45) is 5.92 Å². The minimum absolute atomic E-state index is 0.00523. The highest BCUT2D eigenvalue weighted by atomic mass is 19.1. The average molecular weight is 376 g/mol. The first kappa shape index (κ1) is 17.8. The van der Waals surface area contributed by atoms with E-state index in [9.17, 15) is 9.18 Å². The molecule has 2 aromatic heterocycles. The zero-order valence-corrected chi connectivity index (χ0v) is 15.0. The fraction of sp³-hybridized carbons (Fsp3) is 0.250. The van der Waals surface area contributed by atoms with Crippen molar-refractivity contribution >= 4 is 11.9 Å². The number of amides is 1. The summed E-state index contributed by atoms with van der Waals surface area (Å²) >= 11 is 0. The van der Waals surface area contributed by atoms with Gasteiger partial charge in [-0.15, -0.1) is 0 Å². The van der Waals surface area contributed by atoms with Gasteiger partial charge in [-0.05, 0) is 49.1 Å². The number of nitrogens with one attached hydrogen (secondary N) is 1. The molecule has 1 atom stereocenters. The Kier molecular flexibility index (Phi) is 4.81. The van der Waals surface area contributed by atoms with E-state index in [4.69, 9.17) is 5.26 Å². The highest BCUT2D eigenvalue weighted by molar-refractivity contribution is 5.94. The third-order valence-corrected chi connectivity index (χ3v) is 4.85. The Balaban J connectivity index is 1.51. The van der Waals surface area contributed by atoms with Crippen LogP contribution in [-0.2, 0) is 11.2 Å². The molecule has 1 amide bonds. The normalized spacial score (nSPS) is 16.8. The van der Waals surface area contributed by atoms with Crippen molar-refractivity contribution in [3.63, 3.8) is 0 Å². The van der Waals surface area contributed by atoms with Gasteiger partial charge in [-0.2, -0.15) is 15.3 Å². The van der Waals surface area contributed by atoms with Gasteiger partial charge in [0.2, 0.25) is 11.9 Å². The van der Waals surface area contributed by atoms with Gasteiger partial charge in [0.1, 0.15) is 11.9 Å². The van der Waals surface area contributed by atoms with Gasteiger partial charge in [0.25, 0.3) is 0 Å². The maximum atomic E-state index is 13.9. The van der Waals surface area contributed by atoms with Gasteiger partial charge in [0.05, 0.1) is 5.56 Å². The van der Waals surface area contributed by atoms with Gasteiger partial charge in [0.15, 0.2) is 5.82 Å². The quantitative estimate of drug-likeness (QED) is 0.755. The number of carbonyl (C=O) groups is 1. The van der Waals surface area contributed by atoms with E-state index in [-0.39, 0.29) is 17.4 Å². The summed E-state index contributed by atoms with van der Waals surface area (Å²) in [5.74, 6) is 0.0235. The van der Waals surface area contributed by atoms with E-state index in [1.54, 1.807) is 41.6 Å². The summed E-state index contributed by atoms with van der Waals surface area (Å²) < 4.78 is 13.9. The number of aromatic nitrogens is 4. The smallest absolute Gasteiger partial charge is 0.232 e. The second kappa shape index (κ2) is 7.56. The van der Waals surface area contributed by atoms with Gasteiger partial charge in [0, 0.05) is 30.4 Å². The van der Waals surface area contributed by atoms with Crippen molar-refractivity contribution in [1.82, 2.24) is 20.2 Å². The standard InChI is InChI=1S/C20H17FN6O/c21-17-11-13(3-4-16(17)12-22)10-15-2-1-9-27(19(15)28)20-24-18(25-26-20)14-5-7-23-8-6-14/h3-8,11,15H,1-2,9-10H2,(H,24,25,26)/t15-/m1/s1. The predicted octanol–water partition coefficient (Wildman–Crippen LogP) is 2.86. The summed E-state index contributed by atoms with van der Waals surface area (Å²) in [6.07, 6.45) is 5.28. The Bertz CT molecular complexity index is 1040. The molecule has 3 aromatic rings. The third-order valence-electron chi connectivity index (χ3n) is 4.85. The molecule has 0 aliphatic carbocycles. The number of nitrogens with zero attached hydrogens (tertiary/aromatic N) is 5. The van der Waals surface area contributed by atoms with Crippen molar-refractivity contribution < 1.29 is 9.18 Å². The number of hydrogen-bond acceptors (Lipinski definition) is 5. The SMILES string of the molecule is N#Cc1ccc(C[C@H]2CCCN(c3nc(-c4ccncc4)n[nH]3)C2=O)cc1F. The molecule has 1 N–H and O–H groups in total. The van der Waals surface area contributed by atoms with Crippen LogP contribution in [0.4, 0.5) is 10.3 Å². The van der Waals surface area contributed by atoms with Crippen LogP contribution in [0.2, 0.25) is 0 Å². The molecule has 140 valence electrons. The molecule has 1 aliphatic heterocycles. The average Bonchev–Trinajstić information content (AvgIpc) is 3.20. The molecule has 1 aliphatic rings. The molecule has 0 unspecified atom stereocenters. The molecule has 7 nitrogen and oxygen atoms in total. The van der Waals surface area contributed by atoms with Crippen LogP contribution in [0, 0.1) is 23.1 Å². The number of aromatic amines is 1. The molecule has 1 fully saturated rings. The topological polar surface area (TPSA) is 98.6 Å². The van der Waals surface area contributed by atoms with Crippen LogP contribution in [0.3, 0.4) is 0 Å². The van der Waals surface area contributed by atoms with Crippen molar-refractivity contribution in [2.45, 2.75) is 19.3 Å². The van der Waals surface area contributed by atoms with E-state index >= 15 is 0 Å². The Hall–Kier alpha value is -3.60. The molecule has 4 rings (SSSR count). The second-order valence-corrected chi connectivity index (χ2v) is 6.68. The number of H-pyrrole nitrogens is 1. The number of halogens is 1. The van der Waals surface area contributed by atoms with E-state index in [2.05, 4.69) is 20.2 Å². The zero-order chi connectivity index (χ0) is 19.5. The summed E-state index contributed by atoms with van der Waals surface area (Å²) in [5, 5.41) is 15.9. The van der Waals surface area contributed by atoms with Crippen LogP contribution in [-0.4, -0.2) is 32.6 Å². The van der Waals surface area contributed by atoms with Crippen LogP contribution >= 0.6 is 0 Å². The van der Waals surface area contributed by atoms with E-state index < -0.39 is 5.82 Å². The van der Waals surface area contributed by atoms with Gasteiger partial charge in [-0.3, -0.25) is 14.7 Å². The molecule has 3 heterocycles. The van der Waals surface area contributed by atoms with Crippen molar-refractivity contribution in [2.75, 3.05) is 11.4 Å². The molecule has 1 saturated heterocycles. The summed E-state index contributed by atoms with van der Waals surface area (Å²) in [5.41, 5.74) is 1.52. The summed E-state index contributed by atoms with van der Waals surface area (Å²) in [4.78, 5) is 23.0.